The summed E-state index contributed by atoms with van der Waals surface area (Å²) in [6.45, 7) is 0. The van der Waals surface area contributed by atoms with Gasteiger partial charge in [0.25, 0.3) is 0 Å². The van der Waals surface area contributed by atoms with Gasteiger partial charge >= 0.3 is 0 Å². The molecule has 106 valence electrons. The van der Waals surface area contributed by atoms with Crippen molar-refractivity contribution >= 4 is 48.6 Å². The summed E-state index contributed by atoms with van der Waals surface area (Å²) in [5.41, 5.74) is 0.377. The average molecular weight is 344 g/mol. The van der Waals surface area contributed by atoms with Crippen molar-refractivity contribution in [1.82, 2.24) is 0 Å². The molecule has 0 bridgehead atoms. The van der Waals surface area contributed by atoms with Crippen LogP contribution < -0.4 is 5.32 Å². The van der Waals surface area contributed by atoms with E-state index in [2.05, 4.69) is 5.32 Å². The molecule has 0 aromatic heterocycles. The molecule has 0 atom stereocenters. The van der Waals surface area contributed by atoms with Crippen LogP contribution in [0, 0.1) is 0 Å². The van der Waals surface area contributed by atoms with Crippen LogP contribution in [0.4, 0.5) is 5.69 Å². The first-order chi connectivity index (χ1) is 8.50. The zero-order chi connectivity index (χ0) is 14.8. The van der Waals surface area contributed by atoms with Gasteiger partial charge < -0.3 is 5.32 Å². The van der Waals surface area contributed by atoms with E-state index in [-0.39, 0.29) is 0 Å². The summed E-state index contributed by atoms with van der Waals surface area (Å²) in [5.74, 6) is 0. The maximum Gasteiger partial charge on any atom is 0.187 e. The number of hydrogen-bond acceptors (Lipinski definition) is 5. The molecule has 1 aromatic rings. The van der Waals surface area contributed by atoms with Gasteiger partial charge in [-0.05, 0) is 18.2 Å². The van der Waals surface area contributed by atoms with E-state index in [0.29, 0.717) is 15.7 Å². The maximum atomic E-state index is 11.4. The fraction of sp³-hybridized carbons (Fsp3) is 0.200. The van der Waals surface area contributed by atoms with E-state index < -0.39 is 23.9 Å². The number of anilines is 1. The van der Waals surface area contributed by atoms with Gasteiger partial charge in [0.15, 0.2) is 23.9 Å². The average Bonchev–Trinajstić information content (AvgIpc) is 2.11. The summed E-state index contributed by atoms with van der Waals surface area (Å²) < 4.78 is 44.9. The minimum Gasteiger partial charge on any atom is -0.360 e. The second-order valence-electron chi connectivity index (χ2n) is 3.81. The second-order valence-corrected chi connectivity index (χ2v) is 8.91. The predicted octanol–water partition coefficient (Wildman–Crippen LogP) is 2.29. The van der Waals surface area contributed by atoms with Crippen molar-refractivity contribution in [2.24, 2.45) is 0 Å². The van der Waals surface area contributed by atoms with Gasteiger partial charge in [-0.15, -0.1) is 0 Å². The molecule has 1 rings (SSSR count). The summed E-state index contributed by atoms with van der Waals surface area (Å²) >= 11 is 11.5. The first-order valence-corrected chi connectivity index (χ1v) is 9.37. The Kier molecular flexibility index (Phi) is 4.89. The summed E-state index contributed by atoms with van der Waals surface area (Å²) in [6, 6.07) is 4.45. The lowest BCUT2D eigenvalue weighted by Gasteiger charge is -2.06. The zero-order valence-electron chi connectivity index (χ0n) is 10.0. The van der Waals surface area contributed by atoms with Crippen LogP contribution in [-0.4, -0.2) is 29.3 Å². The Hall–Kier alpha value is -0.760. The van der Waals surface area contributed by atoms with E-state index in [1.807, 2.05) is 0 Å². The highest BCUT2D eigenvalue weighted by atomic mass is 35.5. The lowest BCUT2D eigenvalue weighted by Crippen LogP contribution is -2.12. The van der Waals surface area contributed by atoms with Crippen LogP contribution in [0.2, 0.25) is 10.0 Å². The third-order valence-electron chi connectivity index (χ3n) is 1.95. The van der Waals surface area contributed by atoms with E-state index in [9.17, 15) is 16.8 Å². The standard InChI is InChI=1S/C10H11Cl2NO4S2/c1-18(14,15)10(19(2,16)17)6-13-9-4-7(11)3-8(12)5-9/h3-6,13H,1-2H3. The van der Waals surface area contributed by atoms with Crippen LogP contribution >= 0.6 is 23.2 Å². The summed E-state index contributed by atoms with van der Waals surface area (Å²) in [5, 5.41) is 3.22. The fourth-order valence-electron chi connectivity index (χ4n) is 1.27. The molecule has 0 saturated heterocycles. The smallest absolute Gasteiger partial charge is 0.187 e. The Balaban J connectivity index is 3.20. The van der Waals surface area contributed by atoms with Gasteiger partial charge in [0.05, 0.1) is 0 Å². The van der Waals surface area contributed by atoms with Crippen molar-refractivity contribution < 1.29 is 16.8 Å². The van der Waals surface area contributed by atoms with Crippen LogP contribution in [0.1, 0.15) is 0 Å². The van der Waals surface area contributed by atoms with E-state index in [4.69, 9.17) is 23.2 Å². The van der Waals surface area contributed by atoms with Crippen LogP contribution in [0.15, 0.2) is 28.6 Å². The normalized spacial score (nSPS) is 12.0. The number of sulfone groups is 2. The lowest BCUT2D eigenvalue weighted by molar-refractivity contribution is 0.601. The van der Waals surface area contributed by atoms with Gasteiger partial charge in [0, 0.05) is 34.4 Å². The molecule has 0 saturated carbocycles. The Morgan fingerprint density at radius 3 is 1.79 bits per heavy atom. The van der Waals surface area contributed by atoms with Crippen molar-refractivity contribution in [1.29, 1.82) is 0 Å². The highest BCUT2D eigenvalue weighted by molar-refractivity contribution is 8.13. The monoisotopic (exact) mass is 343 g/mol. The highest BCUT2D eigenvalue weighted by Gasteiger charge is 2.22. The first kappa shape index (κ1) is 16.3. The fourth-order valence-corrected chi connectivity index (χ4v) is 4.54. The highest BCUT2D eigenvalue weighted by Crippen LogP contribution is 2.23. The van der Waals surface area contributed by atoms with Gasteiger partial charge in [-0.3, -0.25) is 0 Å². The molecule has 0 heterocycles. The van der Waals surface area contributed by atoms with Crippen LogP contribution in [0.25, 0.3) is 0 Å². The largest absolute Gasteiger partial charge is 0.360 e. The summed E-state index contributed by atoms with van der Waals surface area (Å²) in [7, 11) is -7.74. The molecule has 0 aliphatic rings. The third kappa shape index (κ3) is 5.02. The number of benzene rings is 1. The third-order valence-corrected chi connectivity index (χ3v) is 5.90. The molecule has 0 aliphatic heterocycles. The van der Waals surface area contributed by atoms with Crippen LogP contribution in [0.3, 0.4) is 0 Å². The number of rotatable bonds is 4. The van der Waals surface area contributed by atoms with Crippen molar-refractivity contribution in [3.8, 4) is 0 Å². The van der Waals surface area contributed by atoms with Crippen molar-refractivity contribution in [3.05, 3.63) is 38.7 Å². The summed E-state index contributed by atoms with van der Waals surface area (Å²) in [4.78, 5) is 0. The molecule has 0 amide bonds. The van der Waals surface area contributed by atoms with Gasteiger partial charge in [-0.25, -0.2) is 16.8 Å². The molecule has 0 spiro atoms. The Morgan fingerprint density at radius 2 is 1.42 bits per heavy atom. The molecule has 1 aromatic carbocycles. The summed E-state index contributed by atoms with van der Waals surface area (Å²) in [6.07, 6.45) is 2.52. The molecule has 1 N–H and O–H groups in total. The first-order valence-electron chi connectivity index (χ1n) is 4.83. The van der Waals surface area contributed by atoms with E-state index in [0.717, 1.165) is 18.7 Å². The molecule has 0 aliphatic carbocycles. The van der Waals surface area contributed by atoms with Crippen molar-refractivity contribution in [2.45, 2.75) is 0 Å². The molecule has 19 heavy (non-hydrogen) atoms. The number of nitrogens with one attached hydrogen (secondary N) is 1. The Labute approximate surface area is 122 Å². The minimum absolute atomic E-state index is 0.337. The quantitative estimate of drug-likeness (QED) is 0.906. The molecule has 0 fully saturated rings. The maximum absolute atomic E-state index is 11.4. The minimum atomic E-state index is -3.87. The van der Waals surface area contributed by atoms with Crippen LogP contribution in [-0.2, 0) is 19.7 Å². The van der Waals surface area contributed by atoms with E-state index in [1.54, 1.807) is 0 Å². The molecule has 5 nitrogen and oxygen atoms in total. The second kappa shape index (κ2) is 5.70. The van der Waals surface area contributed by atoms with Gasteiger partial charge in [-0.2, -0.15) is 0 Å². The Bertz CT molecular complexity index is 670. The zero-order valence-corrected chi connectivity index (χ0v) is 13.2. The number of halogens is 2. The molecular weight excluding hydrogens is 333 g/mol. The van der Waals surface area contributed by atoms with E-state index in [1.165, 1.54) is 18.2 Å². The molecule has 0 radical (unpaired) electrons. The molecule has 9 heteroatoms. The molecular formula is C10H11Cl2NO4S2. The number of hydrogen-bond donors (Lipinski definition) is 1. The van der Waals surface area contributed by atoms with Crippen molar-refractivity contribution in [2.75, 3.05) is 17.8 Å². The van der Waals surface area contributed by atoms with Crippen molar-refractivity contribution in [3.63, 3.8) is 0 Å². The van der Waals surface area contributed by atoms with Crippen LogP contribution in [0.5, 0.6) is 0 Å². The molecule has 0 unspecified atom stereocenters. The van der Waals surface area contributed by atoms with Gasteiger partial charge in [-0.1, -0.05) is 23.2 Å². The van der Waals surface area contributed by atoms with Gasteiger partial charge in [0.1, 0.15) is 0 Å². The lowest BCUT2D eigenvalue weighted by atomic mass is 10.3. The SMILES string of the molecule is CS(=O)(=O)C(=CNc1cc(Cl)cc(Cl)c1)S(C)(=O)=O. The topological polar surface area (TPSA) is 80.3 Å². The predicted molar refractivity (Wildman–Crippen MR) is 77.9 cm³/mol. The Morgan fingerprint density at radius 1 is 1.00 bits per heavy atom. The van der Waals surface area contributed by atoms with E-state index >= 15 is 0 Å². The van der Waals surface area contributed by atoms with Gasteiger partial charge in [0.2, 0.25) is 0 Å².